The average Bonchev–Trinajstić information content (AvgIpc) is 2.93. The molecule has 11 heteroatoms. The highest BCUT2D eigenvalue weighted by Crippen LogP contribution is 2.29. The Morgan fingerprint density at radius 1 is 0.925 bits per heavy atom. The highest BCUT2D eigenvalue weighted by molar-refractivity contribution is 6.32. The Bertz CT molecular complexity index is 1350. The second-order valence-corrected chi connectivity index (χ2v) is 8.93. The van der Waals surface area contributed by atoms with Crippen LogP contribution in [0.25, 0.3) is 11.1 Å². The second kappa shape index (κ2) is 12.5. The Labute approximate surface area is 228 Å². The normalized spacial score (nSPS) is 13.8. The number of amides is 2. The fourth-order valence-electron chi connectivity index (χ4n) is 4.31. The second-order valence-electron chi connectivity index (χ2n) is 8.93. The molecule has 0 aliphatic carbocycles. The van der Waals surface area contributed by atoms with E-state index in [1.54, 1.807) is 55.5 Å². The minimum Gasteiger partial charge on any atom is -0.490 e. The van der Waals surface area contributed by atoms with Gasteiger partial charge in [0.25, 0.3) is 5.91 Å². The van der Waals surface area contributed by atoms with Crippen LogP contribution in [0.15, 0.2) is 72.8 Å². The number of alkyl halides is 3. The molecular weight excluding hydrogens is 529 g/mol. The van der Waals surface area contributed by atoms with Gasteiger partial charge in [-0.2, -0.15) is 0 Å². The maximum absolute atomic E-state index is 13.2. The summed E-state index contributed by atoms with van der Waals surface area (Å²) in [7, 11) is 0. The average molecular weight is 557 g/mol. The standard InChI is InChI=1S/C29H27F3N2O6/c1-2-38-28(37)27(36)34-16-14-21(15-17-34)39-23-7-5-6-20(18-23)33-26(35)25-9-4-3-8-24(25)19-10-12-22(13-11-19)40-29(30,31)32/h3-13,18,21H,2,14-17H2,1H3,(H,33,35). The Morgan fingerprint density at radius 3 is 2.30 bits per heavy atom. The summed E-state index contributed by atoms with van der Waals surface area (Å²) in [4.78, 5) is 38.4. The smallest absolute Gasteiger partial charge is 0.490 e. The molecule has 1 fully saturated rings. The molecule has 210 valence electrons. The van der Waals surface area contributed by atoms with Crippen LogP contribution >= 0.6 is 0 Å². The van der Waals surface area contributed by atoms with Gasteiger partial charge >= 0.3 is 18.2 Å². The molecule has 0 unspecified atom stereocenters. The largest absolute Gasteiger partial charge is 0.573 e. The van der Waals surface area contributed by atoms with Gasteiger partial charge in [0.05, 0.1) is 6.61 Å². The first kappa shape index (κ1) is 28.5. The Balaban J connectivity index is 1.38. The lowest BCUT2D eigenvalue weighted by Gasteiger charge is -2.31. The molecule has 8 nitrogen and oxygen atoms in total. The summed E-state index contributed by atoms with van der Waals surface area (Å²) in [6.45, 7) is 2.49. The van der Waals surface area contributed by atoms with Crippen LogP contribution in [-0.2, 0) is 14.3 Å². The lowest BCUT2D eigenvalue weighted by molar-refractivity contribution is -0.274. The van der Waals surface area contributed by atoms with E-state index in [-0.39, 0.29) is 18.5 Å². The van der Waals surface area contributed by atoms with Gasteiger partial charge in [0, 0.05) is 43.2 Å². The van der Waals surface area contributed by atoms with Gasteiger partial charge < -0.3 is 24.4 Å². The number of nitrogens with zero attached hydrogens (tertiary/aromatic N) is 1. The van der Waals surface area contributed by atoms with E-state index in [0.717, 1.165) is 0 Å². The molecule has 0 atom stereocenters. The van der Waals surface area contributed by atoms with E-state index >= 15 is 0 Å². The molecule has 1 N–H and O–H groups in total. The first-order valence-corrected chi connectivity index (χ1v) is 12.6. The fraction of sp³-hybridized carbons (Fsp3) is 0.276. The van der Waals surface area contributed by atoms with Crippen LogP contribution in [0, 0.1) is 0 Å². The molecule has 3 aromatic rings. The van der Waals surface area contributed by atoms with E-state index in [1.807, 2.05) is 0 Å². The maximum atomic E-state index is 13.2. The van der Waals surface area contributed by atoms with Crippen molar-refractivity contribution < 1.29 is 41.8 Å². The van der Waals surface area contributed by atoms with Gasteiger partial charge in [-0.1, -0.05) is 36.4 Å². The number of anilines is 1. The van der Waals surface area contributed by atoms with Crippen molar-refractivity contribution in [2.24, 2.45) is 0 Å². The maximum Gasteiger partial charge on any atom is 0.573 e. The highest BCUT2D eigenvalue weighted by Gasteiger charge is 2.31. The molecule has 1 aliphatic heterocycles. The van der Waals surface area contributed by atoms with Gasteiger partial charge in [0.1, 0.15) is 17.6 Å². The lowest BCUT2D eigenvalue weighted by atomic mass is 9.99. The summed E-state index contributed by atoms with van der Waals surface area (Å²) < 4.78 is 52.2. The topological polar surface area (TPSA) is 94.2 Å². The number of piperidine rings is 1. The van der Waals surface area contributed by atoms with Crippen molar-refractivity contribution in [1.29, 1.82) is 0 Å². The molecule has 1 saturated heterocycles. The van der Waals surface area contributed by atoms with Crippen molar-refractivity contribution in [3.63, 3.8) is 0 Å². The molecule has 0 spiro atoms. The summed E-state index contributed by atoms with van der Waals surface area (Å²) in [6, 6.07) is 18.9. The zero-order valence-corrected chi connectivity index (χ0v) is 21.6. The number of rotatable bonds is 7. The number of ether oxygens (including phenoxy) is 3. The van der Waals surface area contributed by atoms with Gasteiger partial charge in [0.15, 0.2) is 0 Å². The summed E-state index contributed by atoms with van der Waals surface area (Å²) in [6.07, 6.45) is -3.91. The lowest BCUT2D eigenvalue weighted by Crippen LogP contribution is -2.45. The molecule has 4 rings (SSSR count). The number of hydrogen-bond acceptors (Lipinski definition) is 6. The van der Waals surface area contributed by atoms with Gasteiger partial charge in [-0.3, -0.25) is 9.59 Å². The number of nitrogens with one attached hydrogen (secondary N) is 1. The zero-order chi connectivity index (χ0) is 28.7. The number of halogens is 3. The summed E-state index contributed by atoms with van der Waals surface area (Å²) in [5, 5.41) is 2.84. The minimum absolute atomic E-state index is 0.135. The third-order valence-electron chi connectivity index (χ3n) is 6.14. The van der Waals surface area contributed by atoms with Gasteiger partial charge in [-0.15, -0.1) is 13.2 Å². The first-order chi connectivity index (χ1) is 19.1. The van der Waals surface area contributed by atoms with Crippen molar-refractivity contribution in [3.05, 3.63) is 78.4 Å². The molecule has 0 radical (unpaired) electrons. The molecule has 3 aromatic carbocycles. The molecule has 1 aliphatic rings. The van der Waals surface area contributed by atoms with Crippen LogP contribution in [0.5, 0.6) is 11.5 Å². The third kappa shape index (κ3) is 7.52. The molecule has 1 heterocycles. The monoisotopic (exact) mass is 556 g/mol. The predicted octanol–water partition coefficient (Wildman–Crippen LogP) is 5.44. The van der Waals surface area contributed by atoms with Crippen LogP contribution < -0.4 is 14.8 Å². The number of carbonyl (C=O) groups excluding carboxylic acids is 3. The Hall–Kier alpha value is -4.54. The third-order valence-corrected chi connectivity index (χ3v) is 6.14. The summed E-state index contributed by atoms with van der Waals surface area (Å²) >= 11 is 0. The number of benzene rings is 3. The molecule has 40 heavy (non-hydrogen) atoms. The predicted molar refractivity (Wildman–Crippen MR) is 140 cm³/mol. The van der Waals surface area contributed by atoms with E-state index in [9.17, 15) is 27.6 Å². The number of carbonyl (C=O) groups is 3. The van der Waals surface area contributed by atoms with E-state index in [1.165, 1.54) is 29.2 Å². The highest BCUT2D eigenvalue weighted by atomic mass is 19.4. The van der Waals surface area contributed by atoms with Crippen LogP contribution in [0.3, 0.4) is 0 Å². The van der Waals surface area contributed by atoms with Crippen LogP contribution in [0.4, 0.5) is 18.9 Å². The fourth-order valence-corrected chi connectivity index (χ4v) is 4.31. The number of esters is 1. The van der Waals surface area contributed by atoms with Gasteiger partial charge in [-0.25, -0.2) is 4.79 Å². The molecule has 0 bridgehead atoms. The van der Waals surface area contributed by atoms with E-state index < -0.39 is 24.1 Å². The van der Waals surface area contributed by atoms with E-state index in [2.05, 4.69) is 10.1 Å². The van der Waals surface area contributed by atoms with Crippen LogP contribution in [0.1, 0.15) is 30.1 Å². The number of hydrogen-bond donors (Lipinski definition) is 1. The van der Waals surface area contributed by atoms with Gasteiger partial charge in [-0.05, 0) is 48.4 Å². The SMILES string of the molecule is CCOC(=O)C(=O)N1CCC(Oc2cccc(NC(=O)c3ccccc3-c3ccc(OC(F)(F)F)cc3)c2)CC1. The van der Waals surface area contributed by atoms with Crippen LogP contribution in [-0.4, -0.2) is 54.8 Å². The minimum atomic E-state index is -4.79. The molecule has 0 saturated carbocycles. The van der Waals surface area contributed by atoms with E-state index in [0.29, 0.717) is 54.1 Å². The summed E-state index contributed by atoms with van der Waals surface area (Å²) in [5.74, 6) is -1.75. The Kier molecular flexibility index (Phi) is 8.93. The molecule has 2 amide bonds. The van der Waals surface area contributed by atoms with E-state index in [4.69, 9.17) is 9.47 Å². The zero-order valence-electron chi connectivity index (χ0n) is 21.6. The van der Waals surface area contributed by atoms with Crippen molar-refractivity contribution >= 4 is 23.5 Å². The quantitative estimate of drug-likeness (QED) is 0.308. The summed E-state index contributed by atoms with van der Waals surface area (Å²) in [5.41, 5.74) is 1.90. The van der Waals surface area contributed by atoms with Crippen molar-refractivity contribution in [2.75, 3.05) is 25.0 Å². The first-order valence-electron chi connectivity index (χ1n) is 12.6. The number of likely N-dealkylation sites (tertiary alicyclic amines) is 1. The molecular formula is C29H27F3N2O6. The van der Waals surface area contributed by atoms with Crippen LogP contribution in [0.2, 0.25) is 0 Å². The van der Waals surface area contributed by atoms with Crippen molar-refractivity contribution in [3.8, 4) is 22.6 Å². The van der Waals surface area contributed by atoms with Gasteiger partial charge in [0.2, 0.25) is 0 Å². The molecule has 0 aromatic heterocycles. The Morgan fingerprint density at radius 2 is 1.62 bits per heavy atom. The van der Waals surface area contributed by atoms with Crippen molar-refractivity contribution in [2.45, 2.75) is 32.2 Å². The van der Waals surface area contributed by atoms with Crippen molar-refractivity contribution in [1.82, 2.24) is 4.90 Å².